The van der Waals surface area contributed by atoms with Crippen LogP contribution in [0.3, 0.4) is 0 Å². The van der Waals surface area contributed by atoms with Gasteiger partial charge in [-0.25, -0.2) is 9.78 Å². The van der Waals surface area contributed by atoms with Crippen LogP contribution in [0.5, 0.6) is 11.6 Å². The van der Waals surface area contributed by atoms with E-state index in [2.05, 4.69) is 16.4 Å². The van der Waals surface area contributed by atoms with E-state index < -0.39 is 12.1 Å². The predicted molar refractivity (Wildman–Crippen MR) is 125 cm³/mol. The molecule has 0 fully saturated rings. The number of aliphatic hydroxyl groups excluding tert-OH is 1. The van der Waals surface area contributed by atoms with Crippen LogP contribution in [0.1, 0.15) is 39.6 Å². The smallest absolute Gasteiger partial charge is 0.337 e. The Kier molecular flexibility index (Phi) is 8.10. The number of aliphatic hydroxyl groups is 1. The third-order valence-electron chi connectivity index (χ3n) is 5.45. The van der Waals surface area contributed by atoms with E-state index in [0.29, 0.717) is 23.2 Å². The van der Waals surface area contributed by atoms with Gasteiger partial charge in [-0.1, -0.05) is 29.8 Å². The zero-order valence-electron chi connectivity index (χ0n) is 17.2. The lowest BCUT2D eigenvalue weighted by molar-refractivity contribution is 0.0696. The van der Waals surface area contributed by atoms with E-state index in [0.717, 1.165) is 24.8 Å². The first-order valence-electron chi connectivity index (χ1n) is 10.1. The lowest BCUT2D eigenvalue weighted by Crippen LogP contribution is -2.37. The van der Waals surface area contributed by atoms with E-state index in [1.165, 1.54) is 23.4 Å². The molecule has 32 heavy (non-hydrogen) atoms. The number of rotatable bonds is 7. The number of halogens is 2. The highest BCUT2D eigenvalue weighted by Gasteiger charge is 2.20. The minimum atomic E-state index is -1.02. The van der Waals surface area contributed by atoms with Crippen molar-refractivity contribution >= 4 is 30.0 Å². The normalized spacial score (nSPS) is 15.9. The van der Waals surface area contributed by atoms with Crippen LogP contribution in [-0.4, -0.2) is 33.8 Å². The van der Waals surface area contributed by atoms with Crippen molar-refractivity contribution in [3.8, 4) is 11.6 Å². The van der Waals surface area contributed by atoms with Crippen molar-refractivity contribution in [1.82, 2.24) is 10.3 Å². The minimum Gasteiger partial charge on any atom is -0.478 e. The second kappa shape index (κ2) is 10.8. The lowest BCUT2D eigenvalue weighted by Gasteiger charge is -2.27. The van der Waals surface area contributed by atoms with Crippen LogP contribution in [0.15, 0.2) is 60.8 Å². The van der Waals surface area contributed by atoms with E-state index in [1.807, 2.05) is 24.3 Å². The average molecular weight is 475 g/mol. The molecule has 0 saturated heterocycles. The standard InChI is InChI=1S/C24H23ClN2O4.ClH/c25-19-3-1-2-16(10-19)22(28)14-26-20-7-4-15-5-8-21(12-18(15)11-20)31-23-9-6-17(13-27-23)24(29)30;/h1-3,5-6,8-10,12-13,20,22,26,28H,4,7,11,14H2,(H,29,30);1H/t20-,22-;/m0./s1. The number of nitrogens with one attached hydrogen (secondary N) is 1. The number of aromatic nitrogens is 1. The highest BCUT2D eigenvalue weighted by atomic mass is 35.5. The molecule has 8 heteroatoms. The number of hydrogen-bond donors (Lipinski definition) is 3. The van der Waals surface area contributed by atoms with Crippen LogP contribution in [0, 0.1) is 0 Å². The molecule has 3 N–H and O–H groups in total. The van der Waals surface area contributed by atoms with Gasteiger partial charge in [-0.2, -0.15) is 0 Å². The van der Waals surface area contributed by atoms with Gasteiger partial charge >= 0.3 is 5.97 Å². The van der Waals surface area contributed by atoms with Crippen molar-refractivity contribution in [2.75, 3.05) is 6.54 Å². The molecule has 0 unspecified atom stereocenters. The molecule has 2 atom stereocenters. The summed E-state index contributed by atoms with van der Waals surface area (Å²) in [7, 11) is 0. The zero-order valence-corrected chi connectivity index (χ0v) is 18.8. The van der Waals surface area contributed by atoms with Crippen molar-refractivity contribution in [3.63, 3.8) is 0 Å². The zero-order chi connectivity index (χ0) is 21.8. The number of fused-ring (bicyclic) bond motifs is 1. The highest BCUT2D eigenvalue weighted by Crippen LogP contribution is 2.28. The number of benzene rings is 2. The molecule has 0 spiro atoms. The first-order chi connectivity index (χ1) is 15.0. The summed E-state index contributed by atoms with van der Waals surface area (Å²) in [6.45, 7) is 0.455. The molecule has 0 amide bonds. The molecular weight excluding hydrogens is 451 g/mol. The number of hydrogen-bond acceptors (Lipinski definition) is 5. The largest absolute Gasteiger partial charge is 0.478 e. The van der Waals surface area contributed by atoms with Gasteiger partial charge in [0.15, 0.2) is 0 Å². The highest BCUT2D eigenvalue weighted by molar-refractivity contribution is 6.30. The average Bonchev–Trinajstić information content (AvgIpc) is 2.77. The molecule has 1 aromatic heterocycles. The second-order valence-corrected chi connectivity index (χ2v) is 8.08. The fourth-order valence-corrected chi connectivity index (χ4v) is 3.97. The Bertz CT molecular complexity index is 1080. The number of carboxylic acid groups (broad SMARTS) is 1. The topological polar surface area (TPSA) is 91.7 Å². The number of aryl methyl sites for hydroxylation is 1. The maximum absolute atomic E-state index is 10.9. The van der Waals surface area contributed by atoms with E-state index in [1.54, 1.807) is 18.2 Å². The summed E-state index contributed by atoms with van der Waals surface area (Å²) in [6, 6.07) is 16.5. The van der Waals surface area contributed by atoms with E-state index in [-0.39, 0.29) is 24.0 Å². The maximum atomic E-state index is 10.9. The number of ether oxygens (including phenoxy) is 1. The molecular formula is C24H24Cl2N2O4. The Morgan fingerprint density at radius 2 is 2.03 bits per heavy atom. The van der Waals surface area contributed by atoms with Crippen LogP contribution >= 0.6 is 24.0 Å². The first-order valence-corrected chi connectivity index (χ1v) is 10.5. The van der Waals surface area contributed by atoms with Gasteiger partial charge in [0.05, 0.1) is 11.7 Å². The fourth-order valence-electron chi connectivity index (χ4n) is 3.77. The Hall–Kier alpha value is -2.64. The van der Waals surface area contributed by atoms with Crippen LogP contribution in [-0.2, 0) is 12.8 Å². The molecule has 6 nitrogen and oxygen atoms in total. The Morgan fingerprint density at radius 3 is 2.75 bits per heavy atom. The van der Waals surface area contributed by atoms with Crippen molar-refractivity contribution in [1.29, 1.82) is 0 Å². The van der Waals surface area contributed by atoms with Crippen molar-refractivity contribution < 1.29 is 19.7 Å². The molecule has 168 valence electrons. The van der Waals surface area contributed by atoms with Gasteiger partial charge in [0, 0.05) is 29.9 Å². The van der Waals surface area contributed by atoms with Crippen LogP contribution in [0.2, 0.25) is 5.02 Å². The van der Waals surface area contributed by atoms with Crippen molar-refractivity contribution in [2.24, 2.45) is 0 Å². The summed E-state index contributed by atoms with van der Waals surface area (Å²) < 4.78 is 5.80. The van der Waals surface area contributed by atoms with Crippen LogP contribution < -0.4 is 10.1 Å². The SMILES string of the molecule is Cl.O=C(O)c1ccc(Oc2ccc3c(c2)C[C@@H](NC[C@H](O)c2cccc(Cl)c2)CC3)nc1. The third-order valence-corrected chi connectivity index (χ3v) is 5.68. The lowest BCUT2D eigenvalue weighted by atomic mass is 9.88. The van der Waals surface area contributed by atoms with Gasteiger partial charge < -0.3 is 20.3 Å². The summed E-state index contributed by atoms with van der Waals surface area (Å²) in [5.74, 6) is -0.0131. The summed E-state index contributed by atoms with van der Waals surface area (Å²) in [4.78, 5) is 15.0. The monoisotopic (exact) mass is 474 g/mol. The van der Waals surface area contributed by atoms with Gasteiger partial charge in [-0.15, -0.1) is 12.4 Å². The summed E-state index contributed by atoms with van der Waals surface area (Å²) in [5, 5.41) is 23.5. The number of carbonyl (C=O) groups is 1. The molecule has 0 bridgehead atoms. The maximum Gasteiger partial charge on any atom is 0.337 e. The van der Waals surface area contributed by atoms with E-state index in [4.69, 9.17) is 21.4 Å². The van der Waals surface area contributed by atoms with Gasteiger partial charge in [-0.3, -0.25) is 0 Å². The Balaban J connectivity index is 0.00000289. The fraction of sp³-hybridized carbons (Fsp3) is 0.250. The number of carboxylic acids is 1. The van der Waals surface area contributed by atoms with Crippen LogP contribution in [0.4, 0.5) is 0 Å². The summed E-state index contributed by atoms with van der Waals surface area (Å²) in [5.41, 5.74) is 3.40. The minimum absolute atomic E-state index is 0. The second-order valence-electron chi connectivity index (χ2n) is 7.64. The molecule has 4 rings (SSSR count). The van der Waals surface area contributed by atoms with Gasteiger partial charge in [0.2, 0.25) is 5.88 Å². The van der Waals surface area contributed by atoms with Gasteiger partial charge in [-0.05, 0) is 66.3 Å². The molecule has 1 aliphatic rings. The number of pyridine rings is 1. The van der Waals surface area contributed by atoms with Crippen molar-refractivity contribution in [2.45, 2.75) is 31.4 Å². The summed E-state index contributed by atoms with van der Waals surface area (Å²) >= 11 is 6.01. The van der Waals surface area contributed by atoms with Crippen LogP contribution in [0.25, 0.3) is 0 Å². The predicted octanol–water partition coefficient (Wildman–Crippen LogP) is 4.83. The number of aromatic carboxylic acids is 1. The van der Waals surface area contributed by atoms with E-state index >= 15 is 0 Å². The molecule has 0 saturated carbocycles. The van der Waals surface area contributed by atoms with E-state index in [9.17, 15) is 9.90 Å². The molecule has 2 aromatic carbocycles. The molecule has 3 aromatic rings. The first kappa shape index (κ1) is 24.0. The third kappa shape index (κ3) is 5.99. The molecule has 0 radical (unpaired) electrons. The van der Waals surface area contributed by atoms with Gasteiger partial charge in [0.25, 0.3) is 0 Å². The quantitative estimate of drug-likeness (QED) is 0.454. The Labute approximate surface area is 197 Å². The number of nitrogens with zero attached hydrogens (tertiary/aromatic N) is 1. The molecule has 1 heterocycles. The summed E-state index contributed by atoms with van der Waals surface area (Å²) in [6.07, 6.45) is 3.44. The van der Waals surface area contributed by atoms with Gasteiger partial charge in [0.1, 0.15) is 5.75 Å². The molecule has 0 aliphatic heterocycles. The Morgan fingerprint density at radius 1 is 1.19 bits per heavy atom. The van der Waals surface area contributed by atoms with Crippen molar-refractivity contribution in [3.05, 3.63) is 88.1 Å². The molecule has 1 aliphatic carbocycles.